The van der Waals surface area contributed by atoms with Crippen LogP contribution in [0.2, 0.25) is 0 Å². The molecule has 4 aromatic rings. The van der Waals surface area contributed by atoms with E-state index in [0.29, 0.717) is 23.5 Å². The Morgan fingerprint density at radius 2 is 1.70 bits per heavy atom. The van der Waals surface area contributed by atoms with Gasteiger partial charge in [-0.05, 0) is 48.5 Å². The lowest BCUT2D eigenvalue weighted by atomic mass is 10.1. The van der Waals surface area contributed by atoms with E-state index in [2.05, 4.69) is 10.2 Å². The molecule has 0 aliphatic heterocycles. The summed E-state index contributed by atoms with van der Waals surface area (Å²) in [7, 11) is 0. The van der Waals surface area contributed by atoms with Crippen molar-refractivity contribution in [2.75, 3.05) is 0 Å². The molecule has 0 N–H and O–H groups in total. The summed E-state index contributed by atoms with van der Waals surface area (Å²) in [6, 6.07) is 19.6. The molecule has 6 nitrogen and oxygen atoms in total. The van der Waals surface area contributed by atoms with E-state index < -0.39 is 22.4 Å². The average Bonchev–Trinajstić information content (AvgIpc) is 3.16. The van der Waals surface area contributed by atoms with E-state index in [9.17, 15) is 23.3 Å². The summed E-state index contributed by atoms with van der Waals surface area (Å²) >= 11 is 0.899. The second-order valence-electron chi connectivity index (χ2n) is 7.27. The highest BCUT2D eigenvalue weighted by molar-refractivity contribution is 7.99. The van der Waals surface area contributed by atoms with E-state index in [1.165, 1.54) is 0 Å². The minimum atomic E-state index is -4.68. The monoisotopic (exact) mass is 470 g/mol. The van der Waals surface area contributed by atoms with Gasteiger partial charge in [0.05, 0.1) is 15.4 Å². The normalized spacial score (nSPS) is 11.5. The maximum Gasteiger partial charge on any atom is 0.416 e. The Kier molecular flexibility index (Phi) is 6.19. The first-order chi connectivity index (χ1) is 15.7. The molecule has 1 aromatic heterocycles. The second kappa shape index (κ2) is 9.07. The number of halogens is 3. The summed E-state index contributed by atoms with van der Waals surface area (Å²) < 4.78 is 40.9. The zero-order chi connectivity index (χ0) is 23.6. The van der Waals surface area contributed by atoms with Crippen molar-refractivity contribution in [3.8, 4) is 5.69 Å². The molecule has 168 valence electrons. The molecule has 0 radical (unpaired) electrons. The molecular formula is C23H17F3N4O2S. The first kappa shape index (κ1) is 22.5. The van der Waals surface area contributed by atoms with Crippen LogP contribution >= 0.6 is 11.8 Å². The summed E-state index contributed by atoms with van der Waals surface area (Å²) in [5, 5.41) is 20.3. The molecule has 10 heteroatoms. The number of hydrogen-bond donors (Lipinski definition) is 0. The van der Waals surface area contributed by atoms with Gasteiger partial charge in [0, 0.05) is 18.2 Å². The first-order valence-electron chi connectivity index (χ1n) is 9.81. The van der Waals surface area contributed by atoms with Crippen LogP contribution in [-0.2, 0) is 12.6 Å². The number of hydrogen-bond acceptors (Lipinski definition) is 5. The maximum atomic E-state index is 13.1. The van der Waals surface area contributed by atoms with Crippen molar-refractivity contribution in [3.05, 3.63) is 105 Å². The van der Waals surface area contributed by atoms with Crippen molar-refractivity contribution in [2.24, 2.45) is 0 Å². The molecule has 0 aliphatic carbocycles. The van der Waals surface area contributed by atoms with E-state index in [1.54, 1.807) is 4.57 Å². The van der Waals surface area contributed by atoms with Crippen LogP contribution in [0.15, 0.2) is 82.8 Å². The molecule has 0 unspecified atom stereocenters. The predicted molar refractivity (Wildman–Crippen MR) is 118 cm³/mol. The van der Waals surface area contributed by atoms with E-state index in [0.717, 1.165) is 40.7 Å². The summed E-state index contributed by atoms with van der Waals surface area (Å²) in [6.45, 7) is 1.95. The second-order valence-corrected chi connectivity index (χ2v) is 8.28. The van der Waals surface area contributed by atoms with Gasteiger partial charge in [0.2, 0.25) is 5.16 Å². The lowest BCUT2D eigenvalue weighted by Crippen LogP contribution is -2.06. The molecule has 0 fully saturated rings. The lowest BCUT2D eigenvalue weighted by molar-refractivity contribution is -0.388. The molecule has 0 amide bonds. The third-order valence-corrected chi connectivity index (χ3v) is 5.89. The fourth-order valence-electron chi connectivity index (χ4n) is 3.23. The van der Waals surface area contributed by atoms with E-state index in [-0.39, 0.29) is 4.90 Å². The van der Waals surface area contributed by atoms with Gasteiger partial charge in [-0.25, -0.2) is 0 Å². The van der Waals surface area contributed by atoms with Gasteiger partial charge in [-0.3, -0.25) is 14.7 Å². The Hall–Kier alpha value is -3.66. The van der Waals surface area contributed by atoms with Crippen molar-refractivity contribution < 1.29 is 18.1 Å². The molecule has 0 aliphatic rings. The quantitative estimate of drug-likeness (QED) is 0.246. The van der Waals surface area contributed by atoms with Gasteiger partial charge in [0.25, 0.3) is 5.69 Å². The zero-order valence-electron chi connectivity index (χ0n) is 17.3. The average molecular weight is 470 g/mol. The highest BCUT2D eigenvalue weighted by Crippen LogP contribution is 2.39. The number of aryl methyl sites for hydroxylation is 1. The Morgan fingerprint density at radius 1 is 1.00 bits per heavy atom. The van der Waals surface area contributed by atoms with Crippen molar-refractivity contribution in [1.82, 2.24) is 14.8 Å². The zero-order valence-corrected chi connectivity index (χ0v) is 18.1. The first-order valence-corrected chi connectivity index (χ1v) is 10.6. The number of benzene rings is 3. The molecule has 0 saturated carbocycles. The minimum absolute atomic E-state index is 0.0417. The van der Waals surface area contributed by atoms with Gasteiger partial charge in [-0.15, -0.1) is 10.2 Å². The van der Waals surface area contributed by atoms with Crippen LogP contribution in [0.25, 0.3) is 5.69 Å². The Balaban J connectivity index is 1.78. The summed E-state index contributed by atoms with van der Waals surface area (Å²) in [4.78, 5) is 10.7. The molecule has 3 aromatic carbocycles. The smallest absolute Gasteiger partial charge is 0.273 e. The number of alkyl halides is 3. The third-order valence-electron chi connectivity index (χ3n) is 4.88. The van der Waals surface area contributed by atoms with Crippen LogP contribution < -0.4 is 0 Å². The van der Waals surface area contributed by atoms with Crippen molar-refractivity contribution in [2.45, 2.75) is 29.6 Å². The fraction of sp³-hybridized carbons (Fsp3) is 0.130. The Labute approximate surface area is 191 Å². The molecule has 0 saturated heterocycles. The van der Waals surface area contributed by atoms with Crippen LogP contribution in [0.5, 0.6) is 0 Å². The van der Waals surface area contributed by atoms with E-state index in [1.807, 2.05) is 61.5 Å². The predicted octanol–water partition coefficient (Wildman–Crippen LogP) is 6.24. The lowest BCUT2D eigenvalue weighted by Gasteiger charge is -2.12. The molecule has 0 bridgehead atoms. The summed E-state index contributed by atoms with van der Waals surface area (Å²) in [6.07, 6.45) is -4.23. The third kappa shape index (κ3) is 5.06. The molecule has 0 atom stereocenters. The number of rotatable bonds is 6. The molecule has 0 spiro atoms. The summed E-state index contributed by atoms with van der Waals surface area (Å²) in [5.41, 5.74) is 1.06. The fourth-order valence-corrected chi connectivity index (χ4v) is 4.19. The van der Waals surface area contributed by atoms with Gasteiger partial charge >= 0.3 is 6.18 Å². The van der Waals surface area contributed by atoms with Gasteiger partial charge < -0.3 is 0 Å². The minimum Gasteiger partial charge on any atom is -0.273 e. The van der Waals surface area contributed by atoms with Crippen LogP contribution in [-0.4, -0.2) is 19.7 Å². The largest absolute Gasteiger partial charge is 0.416 e. The van der Waals surface area contributed by atoms with Gasteiger partial charge in [-0.1, -0.05) is 48.0 Å². The Morgan fingerprint density at radius 3 is 2.33 bits per heavy atom. The number of nitrogens with zero attached hydrogens (tertiary/aromatic N) is 4. The molecule has 4 rings (SSSR count). The van der Waals surface area contributed by atoms with Crippen LogP contribution in [0, 0.1) is 17.0 Å². The molecule has 33 heavy (non-hydrogen) atoms. The van der Waals surface area contributed by atoms with E-state index >= 15 is 0 Å². The SMILES string of the molecule is Cc1ccc(-n2c(Cc3ccccc3)nnc2Sc2ccc(C(F)(F)F)cc2[N+](=O)[O-])cc1. The Bertz CT molecular complexity index is 1290. The molecular weight excluding hydrogens is 453 g/mol. The maximum absolute atomic E-state index is 13.1. The number of aromatic nitrogens is 3. The molecule has 1 heterocycles. The summed E-state index contributed by atoms with van der Waals surface area (Å²) in [5.74, 6) is 0.599. The number of nitro groups is 1. The van der Waals surface area contributed by atoms with Crippen molar-refractivity contribution >= 4 is 17.4 Å². The topological polar surface area (TPSA) is 73.8 Å². The highest BCUT2D eigenvalue weighted by Gasteiger charge is 2.33. The van der Waals surface area contributed by atoms with Crippen LogP contribution in [0.4, 0.5) is 18.9 Å². The van der Waals surface area contributed by atoms with Crippen LogP contribution in [0.3, 0.4) is 0 Å². The standard InChI is InChI=1S/C23H17F3N4O2S/c1-15-7-10-18(11-8-15)29-21(13-16-5-3-2-4-6-16)27-28-22(29)33-20-12-9-17(23(24,25)26)14-19(20)30(31)32/h2-12,14H,13H2,1H3. The van der Waals surface area contributed by atoms with Gasteiger partial charge in [-0.2, -0.15) is 13.2 Å². The number of nitro benzene ring substituents is 1. The van der Waals surface area contributed by atoms with Crippen LogP contribution in [0.1, 0.15) is 22.5 Å². The van der Waals surface area contributed by atoms with Crippen molar-refractivity contribution in [3.63, 3.8) is 0 Å². The van der Waals surface area contributed by atoms with Gasteiger partial charge in [0.15, 0.2) is 0 Å². The van der Waals surface area contributed by atoms with Gasteiger partial charge in [0.1, 0.15) is 5.82 Å². The highest BCUT2D eigenvalue weighted by atomic mass is 32.2. The van der Waals surface area contributed by atoms with Crippen molar-refractivity contribution in [1.29, 1.82) is 0 Å². The van der Waals surface area contributed by atoms with E-state index in [4.69, 9.17) is 0 Å².